The van der Waals surface area contributed by atoms with Gasteiger partial charge in [0.1, 0.15) is 0 Å². The van der Waals surface area contributed by atoms with Crippen LogP contribution in [0.2, 0.25) is 0 Å². The standard InChI is InChI=1S/C22H45Br.H3N/c1-4-6-7-8-9-10-11-12-13-14-15-16-17-18-19-20-21-22(3,23)5-2;/h4-21H2,1-3H3;1H3. The molecule has 0 fully saturated rings. The first-order valence-electron chi connectivity index (χ1n) is 10.8. The minimum absolute atomic E-state index is 0. The summed E-state index contributed by atoms with van der Waals surface area (Å²) in [4.78, 5) is 0. The van der Waals surface area contributed by atoms with Crippen LogP contribution in [-0.4, -0.2) is 4.32 Å². The van der Waals surface area contributed by atoms with Crippen LogP contribution in [0.4, 0.5) is 0 Å². The third-order valence-electron chi connectivity index (χ3n) is 5.29. The molecule has 1 atom stereocenters. The SMILES string of the molecule is CCCCCCCCCCCCCCCCCCC(C)(Br)CC.N. The van der Waals surface area contributed by atoms with Crippen LogP contribution in [0, 0.1) is 0 Å². The molecular weight excluding hydrogens is 358 g/mol. The molecule has 0 aromatic carbocycles. The lowest BCUT2D eigenvalue weighted by Gasteiger charge is -2.19. The summed E-state index contributed by atoms with van der Waals surface area (Å²) in [5, 5.41) is 0. The topological polar surface area (TPSA) is 35.0 Å². The normalized spacial score (nSPS) is 13.5. The van der Waals surface area contributed by atoms with Gasteiger partial charge >= 0.3 is 0 Å². The van der Waals surface area contributed by atoms with Crippen LogP contribution < -0.4 is 6.15 Å². The summed E-state index contributed by atoms with van der Waals surface area (Å²) in [6.45, 7) is 6.91. The summed E-state index contributed by atoms with van der Waals surface area (Å²) in [5.41, 5.74) is 0. The molecule has 148 valence electrons. The summed E-state index contributed by atoms with van der Waals surface area (Å²) < 4.78 is 0.392. The minimum atomic E-state index is 0. The van der Waals surface area contributed by atoms with Gasteiger partial charge in [0.25, 0.3) is 0 Å². The Morgan fingerprint density at radius 1 is 0.542 bits per heavy atom. The Morgan fingerprint density at radius 2 is 0.833 bits per heavy atom. The molecule has 2 heteroatoms. The van der Waals surface area contributed by atoms with Gasteiger partial charge in [0.2, 0.25) is 0 Å². The van der Waals surface area contributed by atoms with Crippen LogP contribution in [-0.2, 0) is 0 Å². The van der Waals surface area contributed by atoms with Gasteiger partial charge in [0.05, 0.1) is 0 Å². The molecule has 0 rings (SSSR count). The Labute approximate surface area is 162 Å². The van der Waals surface area contributed by atoms with Gasteiger partial charge in [-0.25, -0.2) is 0 Å². The second-order valence-electron chi connectivity index (χ2n) is 7.82. The molecule has 1 unspecified atom stereocenters. The van der Waals surface area contributed by atoms with E-state index in [2.05, 4.69) is 36.7 Å². The van der Waals surface area contributed by atoms with E-state index in [4.69, 9.17) is 0 Å². The fraction of sp³-hybridized carbons (Fsp3) is 1.00. The molecule has 0 aliphatic carbocycles. The van der Waals surface area contributed by atoms with Crippen LogP contribution in [0.15, 0.2) is 0 Å². The summed E-state index contributed by atoms with van der Waals surface area (Å²) in [6.07, 6.45) is 25.9. The molecule has 3 N–H and O–H groups in total. The van der Waals surface area contributed by atoms with Crippen molar-refractivity contribution in [2.24, 2.45) is 0 Å². The van der Waals surface area contributed by atoms with E-state index in [-0.39, 0.29) is 6.15 Å². The van der Waals surface area contributed by atoms with Gasteiger partial charge in [-0.3, -0.25) is 0 Å². The summed E-state index contributed by atoms with van der Waals surface area (Å²) >= 11 is 3.83. The zero-order valence-corrected chi connectivity index (χ0v) is 18.9. The molecule has 0 saturated carbocycles. The fourth-order valence-electron chi connectivity index (χ4n) is 3.22. The van der Waals surface area contributed by atoms with E-state index in [9.17, 15) is 0 Å². The molecule has 0 aliphatic heterocycles. The number of hydrogen-bond acceptors (Lipinski definition) is 1. The zero-order chi connectivity index (χ0) is 17.2. The van der Waals surface area contributed by atoms with Gasteiger partial charge in [-0.2, -0.15) is 0 Å². The Hall–Kier alpha value is 0.440. The Morgan fingerprint density at radius 3 is 1.12 bits per heavy atom. The Bertz CT molecular complexity index is 228. The summed E-state index contributed by atoms with van der Waals surface area (Å²) in [5.74, 6) is 0. The molecule has 0 radical (unpaired) electrons. The van der Waals surface area contributed by atoms with Crippen molar-refractivity contribution in [2.45, 2.75) is 141 Å². The lowest BCUT2D eigenvalue weighted by Crippen LogP contribution is -2.13. The van der Waals surface area contributed by atoms with Gasteiger partial charge in [0.15, 0.2) is 0 Å². The maximum Gasteiger partial charge on any atom is 0.0227 e. The molecule has 0 aromatic heterocycles. The molecule has 0 saturated heterocycles. The number of rotatable bonds is 18. The average molecular weight is 407 g/mol. The van der Waals surface area contributed by atoms with Crippen molar-refractivity contribution in [2.75, 3.05) is 0 Å². The van der Waals surface area contributed by atoms with Crippen LogP contribution in [0.5, 0.6) is 0 Å². The molecular formula is C22H48BrN. The third-order valence-corrected chi connectivity index (χ3v) is 6.25. The largest absolute Gasteiger partial charge is 0.344 e. The fourth-order valence-corrected chi connectivity index (χ4v) is 3.50. The predicted octanol–water partition coefficient (Wildman–Crippen LogP) is 9.36. The molecule has 1 nitrogen and oxygen atoms in total. The van der Waals surface area contributed by atoms with Crippen molar-refractivity contribution in [1.82, 2.24) is 6.15 Å². The second kappa shape index (κ2) is 19.8. The number of hydrogen-bond donors (Lipinski definition) is 1. The maximum absolute atomic E-state index is 3.83. The van der Waals surface area contributed by atoms with E-state index in [0.29, 0.717) is 4.32 Å². The third kappa shape index (κ3) is 20.5. The highest BCUT2D eigenvalue weighted by atomic mass is 79.9. The summed E-state index contributed by atoms with van der Waals surface area (Å²) in [6, 6.07) is 0. The van der Waals surface area contributed by atoms with Crippen molar-refractivity contribution >= 4 is 15.9 Å². The molecule has 0 amide bonds. The first-order chi connectivity index (χ1) is 11.1. The van der Waals surface area contributed by atoms with Crippen molar-refractivity contribution in [3.8, 4) is 0 Å². The first-order valence-corrected chi connectivity index (χ1v) is 11.6. The smallest absolute Gasteiger partial charge is 0.0227 e. The van der Waals surface area contributed by atoms with E-state index in [1.54, 1.807) is 0 Å². The van der Waals surface area contributed by atoms with Gasteiger partial charge in [-0.1, -0.05) is 133 Å². The highest BCUT2D eigenvalue weighted by molar-refractivity contribution is 9.10. The first kappa shape index (κ1) is 26.7. The number of alkyl halides is 1. The highest BCUT2D eigenvalue weighted by Gasteiger charge is 2.15. The van der Waals surface area contributed by atoms with E-state index in [1.165, 1.54) is 116 Å². The van der Waals surface area contributed by atoms with Gasteiger partial charge in [-0.15, -0.1) is 0 Å². The lowest BCUT2D eigenvalue weighted by molar-refractivity contribution is 0.503. The van der Waals surface area contributed by atoms with Gasteiger partial charge in [-0.05, 0) is 19.8 Å². The van der Waals surface area contributed by atoms with E-state index in [1.807, 2.05) is 0 Å². The average Bonchev–Trinajstić information content (AvgIpc) is 2.54. The summed E-state index contributed by atoms with van der Waals surface area (Å²) in [7, 11) is 0. The van der Waals surface area contributed by atoms with Crippen molar-refractivity contribution in [3.63, 3.8) is 0 Å². The number of unbranched alkanes of at least 4 members (excludes halogenated alkanes) is 15. The Balaban J connectivity index is 0. The molecule has 0 heterocycles. The maximum atomic E-state index is 3.83. The van der Waals surface area contributed by atoms with Crippen LogP contribution in [0.3, 0.4) is 0 Å². The van der Waals surface area contributed by atoms with Crippen molar-refractivity contribution in [1.29, 1.82) is 0 Å². The quantitative estimate of drug-likeness (QED) is 0.178. The lowest BCUT2D eigenvalue weighted by atomic mass is 9.99. The predicted molar refractivity (Wildman–Crippen MR) is 117 cm³/mol. The van der Waals surface area contributed by atoms with E-state index in [0.717, 1.165) is 0 Å². The number of halogens is 1. The minimum Gasteiger partial charge on any atom is -0.344 e. The second-order valence-corrected chi connectivity index (χ2v) is 9.73. The monoisotopic (exact) mass is 405 g/mol. The molecule has 0 spiro atoms. The van der Waals surface area contributed by atoms with Crippen molar-refractivity contribution in [3.05, 3.63) is 0 Å². The molecule has 0 bridgehead atoms. The van der Waals surface area contributed by atoms with Crippen LogP contribution in [0.1, 0.15) is 136 Å². The molecule has 24 heavy (non-hydrogen) atoms. The van der Waals surface area contributed by atoms with Crippen LogP contribution in [0.25, 0.3) is 0 Å². The van der Waals surface area contributed by atoms with Crippen LogP contribution >= 0.6 is 15.9 Å². The van der Waals surface area contributed by atoms with E-state index < -0.39 is 0 Å². The van der Waals surface area contributed by atoms with Gasteiger partial charge < -0.3 is 6.15 Å². The zero-order valence-electron chi connectivity index (χ0n) is 17.3. The molecule has 0 aromatic rings. The van der Waals surface area contributed by atoms with E-state index >= 15 is 0 Å². The van der Waals surface area contributed by atoms with Gasteiger partial charge in [0, 0.05) is 4.32 Å². The highest BCUT2D eigenvalue weighted by Crippen LogP contribution is 2.28. The molecule has 0 aliphatic rings. The Kier molecular flexibility index (Phi) is 22.0. The van der Waals surface area contributed by atoms with Crippen molar-refractivity contribution < 1.29 is 0 Å².